The van der Waals surface area contributed by atoms with Gasteiger partial charge < -0.3 is 10.1 Å². The summed E-state index contributed by atoms with van der Waals surface area (Å²) in [6.45, 7) is 1.71. The number of nitrogens with zero attached hydrogens (tertiary/aromatic N) is 1. The van der Waals surface area contributed by atoms with E-state index < -0.39 is 6.10 Å². The van der Waals surface area contributed by atoms with Crippen molar-refractivity contribution < 1.29 is 9.90 Å². The number of aromatic amines is 1. The standard InChI is InChI=1S/C7H10N2O2/c1-2-6(10)7(11)5-3-8-4-9-5/h3-4,7,11H,2H2,1H3,(H,8,9). The molecule has 0 radical (unpaired) electrons. The molecule has 1 heterocycles. The number of H-pyrrole nitrogens is 1. The predicted octanol–water partition coefficient (Wildman–Crippen LogP) is 0.422. The third-order valence-electron chi connectivity index (χ3n) is 1.47. The maximum absolute atomic E-state index is 10.9. The molecule has 1 unspecified atom stereocenters. The lowest BCUT2D eigenvalue weighted by Gasteiger charge is -2.03. The highest BCUT2D eigenvalue weighted by molar-refractivity contribution is 5.83. The van der Waals surface area contributed by atoms with Crippen molar-refractivity contribution in [3.05, 3.63) is 18.2 Å². The van der Waals surface area contributed by atoms with Crippen LogP contribution in [0.15, 0.2) is 12.5 Å². The highest BCUT2D eigenvalue weighted by Gasteiger charge is 2.15. The molecule has 1 atom stereocenters. The highest BCUT2D eigenvalue weighted by Crippen LogP contribution is 2.10. The molecule has 0 bridgehead atoms. The second kappa shape index (κ2) is 3.30. The molecule has 1 rings (SSSR count). The smallest absolute Gasteiger partial charge is 0.167 e. The third-order valence-corrected chi connectivity index (χ3v) is 1.47. The summed E-state index contributed by atoms with van der Waals surface area (Å²) in [6.07, 6.45) is 2.17. The van der Waals surface area contributed by atoms with E-state index >= 15 is 0 Å². The summed E-state index contributed by atoms with van der Waals surface area (Å²) >= 11 is 0. The lowest BCUT2D eigenvalue weighted by Crippen LogP contribution is -2.10. The van der Waals surface area contributed by atoms with Crippen molar-refractivity contribution in [3.8, 4) is 0 Å². The summed E-state index contributed by atoms with van der Waals surface area (Å²) in [6, 6.07) is 0. The average molecular weight is 154 g/mol. The van der Waals surface area contributed by atoms with Gasteiger partial charge in [0.2, 0.25) is 0 Å². The number of ketones is 1. The molecule has 1 aromatic rings. The topological polar surface area (TPSA) is 66.0 Å². The Kier molecular flexibility index (Phi) is 2.38. The van der Waals surface area contributed by atoms with Gasteiger partial charge >= 0.3 is 0 Å². The first kappa shape index (κ1) is 7.94. The number of carbonyl (C=O) groups is 1. The maximum Gasteiger partial charge on any atom is 0.167 e. The first-order valence-corrected chi connectivity index (χ1v) is 3.44. The fourth-order valence-corrected chi connectivity index (χ4v) is 0.783. The Hall–Kier alpha value is -1.16. The quantitative estimate of drug-likeness (QED) is 0.663. The van der Waals surface area contributed by atoms with Crippen molar-refractivity contribution in [2.75, 3.05) is 0 Å². The number of aliphatic hydroxyl groups excluding tert-OH is 1. The maximum atomic E-state index is 10.9. The number of hydrogen-bond acceptors (Lipinski definition) is 3. The van der Waals surface area contributed by atoms with Crippen molar-refractivity contribution in [3.63, 3.8) is 0 Å². The fourth-order valence-electron chi connectivity index (χ4n) is 0.783. The number of nitrogens with one attached hydrogen (secondary N) is 1. The van der Waals surface area contributed by atoms with Crippen LogP contribution >= 0.6 is 0 Å². The molecule has 0 amide bonds. The van der Waals surface area contributed by atoms with Gasteiger partial charge in [-0.15, -0.1) is 0 Å². The number of imidazole rings is 1. The van der Waals surface area contributed by atoms with Crippen LogP contribution in [0.2, 0.25) is 0 Å². The highest BCUT2D eigenvalue weighted by atomic mass is 16.3. The molecule has 0 aliphatic heterocycles. The number of aliphatic hydroxyl groups is 1. The number of Topliss-reactive ketones (excluding diaryl/α,β-unsaturated/α-hetero) is 1. The third kappa shape index (κ3) is 1.65. The van der Waals surface area contributed by atoms with Gasteiger partial charge in [-0.1, -0.05) is 6.92 Å². The fraction of sp³-hybridized carbons (Fsp3) is 0.429. The Bertz CT molecular complexity index is 231. The van der Waals surface area contributed by atoms with E-state index in [-0.39, 0.29) is 5.78 Å². The molecule has 4 heteroatoms. The Morgan fingerprint density at radius 1 is 1.91 bits per heavy atom. The Morgan fingerprint density at radius 2 is 2.64 bits per heavy atom. The zero-order chi connectivity index (χ0) is 8.27. The van der Waals surface area contributed by atoms with Gasteiger partial charge in [0.25, 0.3) is 0 Å². The number of carbonyl (C=O) groups excluding carboxylic acids is 1. The summed E-state index contributed by atoms with van der Waals surface area (Å²) in [5, 5.41) is 9.26. The minimum absolute atomic E-state index is 0.200. The van der Waals surface area contributed by atoms with Crippen molar-refractivity contribution in [2.45, 2.75) is 19.4 Å². The molecule has 0 saturated heterocycles. The van der Waals surface area contributed by atoms with Crippen LogP contribution in [0.3, 0.4) is 0 Å². The molecule has 4 nitrogen and oxygen atoms in total. The van der Waals surface area contributed by atoms with E-state index in [1.54, 1.807) is 6.92 Å². The van der Waals surface area contributed by atoms with Gasteiger partial charge in [-0.3, -0.25) is 4.79 Å². The summed E-state index contributed by atoms with van der Waals surface area (Å²) in [5.74, 6) is -0.200. The van der Waals surface area contributed by atoms with E-state index in [0.717, 1.165) is 0 Å². The molecule has 1 aromatic heterocycles. The van der Waals surface area contributed by atoms with Gasteiger partial charge in [0.15, 0.2) is 11.9 Å². The van der Waals surface area contributed by atoms with Crippen LogP contribution < -0.4 is 0 Å². The Balaban J connectivity index is 2.70. The first-order chi connectivity index (χ1) is 5.25. The van der Waals surface area contributed by atoms with Crippen LogP contribution in [-0.2, 0) is 4.79 Å². The van der Waals surface area contributed by atoms with Crippen molar-refractivity contribution >= 4 is 5.78 Å². The molecule has 0 aliphatic carbocycles. The van der Waals surface area contributed by atoms with Crippen molar-refractivity contribution in [1.82, 2.24) is 9.97 Å². The van der Waals surface area contributed by atoms with Crippen LogP contribution in [-0.4, -0.2) is 20.9 Å². The normalized spacial score (nSPS) is 12.9. The van der Waals surface area contributed by atoms with Crippen LogP contribution in [0.25, 0.3) is 0 Å². The molecular formula is C7H10N2O2. The summed E-state index contributed by atoms with van der Waals surface area (Å²) < 4.78 is 0. The van der Waals surface area contributed by atoms with E-state index in [2.05, 4.69) is 9.97 Å². The van der Waals surface area contributed by atoms with Crippen molar-refractivity contribution in [1.29, 1.82) is 0 Å². The molecule has 0 saturated carbocycles. The SMILES string of the molecule is CCC(=O)C(O)c1cnc[nH]1. The van der Waals surface area contributed by atoms with Crippen LogP contribution in [0.4, 0.5) is 0 Å². The van der Waals surface area contributed by atoms with E-state index in [0.29, 0.717) is 12.1 Å². The zero-order valence-electron chi connectivity index (χ0n) is 6.24. The first-order valence-electron chi connectivity index (χ1n) is 3.44. The number of hydrogen-bond donors (Lipinski definition) is 2. The predicted molar refractivity (Wildman–Crippen MR) is 38.8 cm³/mol. The second-order valence-electron chi connectivity index (χ2n) is 2.23. The monoisotopic (exact) mass is 154 g/mol. The molecule has 0 aliphatic rings. The molecular weight excluding hydrogens is 144 g/mol. The lowest BCUT2D eigenvalue weighted by molar-refractivity contribution is -0.127. The van der Waals surface area contributed by atoms with E-state index in [9.17, 15) is 9.90 Å². The number of rotatable bonds is 3. The Morgan fingerprint density at radius 3 is 3.09 bits per heavy atom. The van der Waals surface area contributed by atoms with Gasteiger partial charge in [0.1, 0.15) is 0 Å². The second-order valence-corrected chi connectivity index (χ2v) is 2.23. The van der Waals surface area contributed by atoms with Crippen molar-refractivity contribution in [2.24, 2.45) is 0 Å². The largest absolute Gasteiger partial charge is 0.379 e. The average Bonchev–Trinajstić information content (AvgIpc) is 2.53. The van der Waals surface area contributed by atoms with Gasteiger partial charge in [0.05, 0.1) is 18.2 Å². The molecule has 0 fully saturated rings. The van der Waals surface area contributed by atoms with Gasteiger partial charge in [-0.05, 0) is 0 Å². The lowest BCUT2D eigenvalue weighted by atomic mass is 10.1. The molecule has 60 valence electrons. The minimum Gasteiger partial charge on any atom is -0.379 e. The minimum atomic E-state index is -1.04. The molecule has 0 spiro atoms. The summed E-state index contributed by atoms with van der Waals surface area (Å²) in [7, 11) is 0. The van der Waals surface area contributed by atoms with Gasteiger partial charge in [0, 0.05) is 6.42 Å². The molecule has 11 heavy (non-hydrogen) atoms. The van der Waals surface area contributed by atoms with Crippen LogP contribution in [0.5, 0.6) is 0 Å². The van der Waals surface area contributed by atoms with Crippen LogP contribution in [0, 0.1) is 0 Å². The van der Waals surface area contributed by atoms with Gasteiger partial charge in [-0.2, -0.15) is 0 Å². The molecule has 2 N–H and O–H groups in total. The van der Waals surface area contributed by atoms with E-state index in [1.807, 2.05) is 0 Å². The van der Waals surface area contributed by atoms with Crippen LogP contribution in [0.1, 0.15) is 25.1 Å². The van der Waals surface area contributed by atoms with Gasteiger partial charge in [-0.25, -0.2) is 4.98 Å². The number of aromatic nitrogens is 2. The Labute approximate surface area is 64.3 Å². The summed E-state index contributed by atoms with van der Waals surface area (Å²) in [5.41, 5.74) is 0.455. The zero-order valence-corrected chi connectivity index (χ0v) is 6.24. The van der Waals surface area contributed by atoms with E-state index in [4.69, 9.17) is 0 Å². The van der Waals surface area contributed by atoms with E-state index in [1.165, 1.54) is 12.5 Å². The summed E-state index contributed by atoms with van der Waals surface area (Å²) in [4.78, 5) is 17.3. The molecule has 0 aromatic carbocycles.